The monoisotopic (exact) mass is 225 g/mol. The molecule has 0 unspecified atom stereocenters. The molecule has 7 nitrogen and oxygen atoms in total. The van der Waals surface area contributed by atoms with Gasteiger partial charge >= 0.3 is 12.1 Å². The summed E-state index contributed by atoms with van der Waals surface area (Å²) in [4.78, 5) is 25.9. The molecule has 0 fully saturated rings. The molecular weight excluding hydrogens is 214 g/mol. The number of anilines is 1. The first-order valence-corrected chi connectivity index (χ1v) is 4.32. The molecule has 0 aliphatic heterocycles. The van der Waals surface area contributed by atoms with E-state index in [1.807, 2.05) is 0 Å². The first kappa shape index (κ1) is 11.8. The number of ether oxygens (including phenoxy) is 2. The second-order valence-electron chi connectivity index (χ2n) is 2.63. The highest BCUT2D eigenvalue weighted by atomic mass is 16.5. The molecule has 0 radical (unpaired) electrons. The van der Waals surface area contributed by atoms with Gasteiger partial charge in [-0.15, -0.1) is 0 Å². The summed E-state index contributed by atoms with van der Waals surface area (Å²) >= 11 is 0. The smallest absolute Gasteiger partial charge is 0.425 e. The van der Waals surface area contributed by atoms with Gasteiger partial charge in [0.2, 0.25) is 0 Å². The van der Waals surface area contributed by atoms with Crippen LogP contribution in [-0.2, 0) is 9.47 Å². The molecule has 1 aromatic heterocycles. The van der Waals surface area contributed by atoms with Gasteiger partial charge in [0.1, 0.15) is 0 Å². The summed E-state index contributed by atoms with van der Waals surface area (Å²) in [6, 6.07) is 3.17. The van der Waals surface area contributed by atoms with E-state index in [9.17, 15) is 9.59 Å². The lowest BCUT2D eigenvalue weighted by atomic mass is 10.3. The summed E-state index contributed by atoms with van der Waals surface area (Å²) in [5.41, 5.74) is 5.09. The Labute approximate surface area is 91.7 Å². The lowest BCUT2D eigenvalue weighted by molar-refractivity contribution is 0.0595. The molecule has 1 heterocycles. The van der Waals surface area contributed by atoms with Crippen LogP contribution in [0.5, 0.6) is 0 Å². The summed E-state index contributed by atoms with van der Waals surface area (Å²) in [6.07, 6.45) is 0.759. The molecule has 0 aliphatic rings. The molecule has 0 saturated carbocycles. The number of esters is 1. The fourth-order valence-electron chi connectivity index (χ4n) is 0.935. The van der Waals surface area contributed by atoms with Crippen LogP contribution in [0.2, 0.25) is 0 Å². The van der Waals surface area contributed by atoms with E-state index in [0.717, 1.165) is 0 Å². The van der Waals surface area contributed by atoms with Gasteiger partial charge in [0, 0.05) is 6.20 Å². The highest BCUT2D eigenvalue weighted by Gasteiger charge is 2.13. The maximum Gasteiger partial charge on any atom is 0.425 e. The first-order chi connectivity index (χ1) is 7.69. The van der Waals surface area contributed by atoms with Crippen LogP contribution in [0.15, 0.2) is 18.3 Å². The van der Waals surface area contributed by atoms with Crippen LogP contribution in [0.25, 0.3) is 0 Å². The number of carbonyl (C=O) groups excluding carboxylic acids is 2. The van der Waals surface area contributed by atoms with Gasteiger partial charge in [-0.3, -0.25) is 5.43 Å². The number of pyridine rings is 1. The summed E-state index contributed by atoms with van der Waals surface area (Å²) < 4.78 is 8.87. The Bertz CT molecular complexity index is 394. The number of carbonyl (C=O) groups is 2. The van der Waals surface area contributed by atoms with Crippen LogP contribution in [0, 0.1) is 0 Å². The van der Waals surface area contributed by atoms with Gasteiger partial charge < -0.3 is 9.47 Å². The molecule has 1 amide bonds. The molecule has 1 aromatic rings. The van der Waals surface area contributed by atoms with Crippen molar-refractivity contribution < 1.29 is 19.1 Å². The zero-order valence-corrected chi connectivity index (χ0v) is 8.81. The van der Waals surface area contributed by atoms with E-state index in [0.29, 0.717) is 5.69 Å². The number of hydrogen-bond donors (Lipinski definition) is 2. The molecule has 0 atom stereocenters. The number of methoxy groups -OCH3 is 2. The van der Waals surface area contributed by atoms with Gasteiger partial charge in [-0.25, -0.2) is 20.0 Å². The van der Waals surface area contributed by atoms with Gasteiger partial charge in [-0.05, 0) is 12.1 Å². The van der Waals surface area contributed by atoms with Crippen LogP contribution >= 0.6 is 0 Å². The third-order valence-corrected chi connectivity index (χ3v) is 1.67. The van der Waals surface area contributed by atoms with E-state index in [1.54, 1.807) is 12.1 Å². The highest BCUT2D eigenvalue weighted by Crippen LogP contribution is 2.11. The summed E-state index contributed by atoms with van der Waals surface area (Å²) in [5, 5.41) is 0. The van der Waals surface area contributed by atoms with E-state index >= 15 is 0 Å². The number of rotatable bonds is 3. The zero-order valence-electron chi connectivity index (χ0n) is 8.81. The lowest BCUT2D eigenvalue weighted by Gasteiger charge is -2.09. The number of amides is 1. The fourth-order valence-corrected chi connectivity index (χ4v) is 0.935. The minimum atomic E-state index is -0.681. The van der Waals surface area contributed by atoms with E-state index in [-0.39, 0.29) is 5.69 Å². The van der Waals surface area contributed by atoms with Gasteiger partial charge in [0.05, 0.1) is 19.9 Å². The molecule has 0 aliphatic carbocycles. The Kier molecular flexibility index (Phi) is 4.07. The maximum atomic E-state index is 11.3. The fraction of sp³-hybridized carbons (Fsp3) is 0.222. The molecule has 0 aromatic carbocycles. The molecule has 86 valence electrons. The average Bonchev–Trinajstić information content (AvgIpc) is 2.35. The number of aromatic nitrogens is 1. The lowest BCUT2D eigenvalue weighted by Crippen LogP contribution is -2.30. The van der Waals surface area contributed by atoms with Crippen molar-refractivity contribution in [3.8, 4) is 0 Å². The summed E-state index contributed by atoms with van der Waals surface area (Å²) in [5.74, 6) is -0.602. The molecule has 0 bridgehead atoms. The number of nitrogens with one attached hydrogen (secondary N) is 2. The highest BCUT2D eigenvalue weighted by molar-refractivity contribution is 5.93. The van der Waals surface area contributed by atoms with Crippen LogP contribution in [0.1, 0.15) is 10.5 Å². The molecule has 16 heavy (non-hydrogen) atoms. The van der Waals surface area contributed by atoms with E-state index in [4.69, 9.17) is 0 Å². The zero-order chi connectivity index (χ0) is 12.0. The first-order valence-electron chi connectivity index (χ1n) is 4.32. The van der Waals surface area contributed by atoms with Crippen LogP contribution in [0.4, 0.5) is 10.5 Å². The largest absolute Gasteiger partial charge is 0.464 e. The second-order valence-corrected chi connectivity index (χ2v) is 2.63. The van der Waals surface area contributed by atoms with Crippen LogP contribution in [-0.4, -0.2) is 31.3 Å². The maximum absolute atomic E-state index is 11.3. The Morgan fingerprint density at radius 3 is 2.69 bits per heavy atom. The molecule has 7 heteroatoms. The Morgan fingerprint density at radius 2 is 2.06 bits per heavy atom. The Hall–Kier alpha value is -2.31. The van der Waals surface area contributed by atoms with Crippen LogP contribution < -0.4 is 10.9 Å². The minimum absolute atomic E-state index is 0.0707. The molecule has 0 saturated heterocycles. The van der Waals surface area contributed by atoms with Gasteiger partial charge in [0.25, 0.3) is 0 Å². The van der Waals surface area contributed by atoms with Crippen molar-refractivity contribution in [2.24, 2.45) is 0 Å². The molecular formula is C9H11N3O4. The van der Waals surface area contributed by atoms with Crippen molar-refractivity contribution in [1.82, 2.24) is 10.4 Å². The van der Waals surface area contributed by atoms with Gasteiger partial charge in [-0.2, -0.15) is 0 Å². The molecule has 1 rings (SSSR count). The molecule has 2 N–H and O–H groups in total. The van der Waals surface area contributed by atoms with E-state index in [1.165, 1.54) is 20.4 Å². The van der Waals surface area contributed by atoms with Crippen molar-refractivity contribution in [3.63, 3.8) is 0 Å². The summed E-state index contributed by atoms with van der Waals surface area (Å²) in [7, 11) is 2.47. The van der Waals surface area contributed by atoms with Gasteiger partial charge in [0.15, 0.2) is 5.69 Å². The van der Waals surface area contributed by atoms with E-state index < -0.39 is 12.1 Å². The van der Waals surface area contributed by atoms with Crippen molar-refractivity contribution in [2.45, 2.75) is 0 Å². The SMILES string of the molecule is COC(=O)NNc1cccnc1C(=O)OC. The minimum Gasteiger partial charge on any atom is -0.464 e. The van der Waals surface area contributed by atoms with Gasteiger partial charge in [-0.1, -0.05) is 0 Å². The number of hydrazine groups is 1. The topological polar surface area (TPSA) is 89.5 Å². The number of hydrogen-bond acceptors (Lipinski definition) is 6. The molecule has 0 spiro atoms. The third-order valence-electron chi connectivity index (χ3n) is 1.67. The predicted molar refractivity (Wildman–Crippen MR) is 54.7 cm³/mol. The van der Waals surface area contributed by atoms with Crippen molar-refractivity contribution in [2.75, 3.05) is 19.6 Å². The summed E-state index contributed by atoms with van der Waals surface area (Å²) in [6.45, 7) is 0. The predicted octanol–water partition coefficient (Wildman–Crippen LogP) is 0.551. The Balaban J connectivity index is 2.79. The quantitative estimate of drug-likeness (QED) is 0.576. The van der Waals surface area contributed by atoms with Crippen molar-refractivity contribution >= 4 is 17.7 Å². The number of nitrogens with zero attached hydrogens (tertiary/aromatic N) is 1. The van der Waals surface area contributed by atoms with Crippen LogP contribution in [0.3, 0.4) is 0 Å². The normalized spacial score (nSPS) is 9.12. The average molecular weight is 225 g/mol. The van der Waals surface area contributed by atoms with Crippen molar-refractivity contribution in [1.29, 1.82) is 0 Å². The van der Waals surface area contributed by atoms with E-state index in [2.05, 4.69) is 25.3 Å². The second kappa shape index (κ2) is 5.54. The standard InChI is InChI=1S/C9H11N3O4/c1-15-8(13)7-6(4-3-5-10-7)11-12-9(14)16-2/h3-5,11H,1-2H3,(H,12,14). The Morgan fingerprint density at radius 1 is 1.31 bits per heavy atom. The third kappa shape index (κ3) is 2.84. The van der Waals surface area contributed by atoms with Crippen molar-refractivity contribution in [3.05, 3.63) is 24.0 Å².